The van der Waals surface area contributed by atoms with Crippen LogP contribution in [0.2, 0.25) is 0 Å². The normalized spacial score (nSPS) is 11.8. The minimum atomic E-state index is -0.433. The van der Waals surface area contributed by atoms with Gasteiger partial charge in [0, 0.05) is 23.5 Å². The zero-order valence-corrected chi connectivity index (χ0v) is 21.5. The molecule has 37 heavy (non-hydrogen) atoms. The van der Waals surface area contributed by atoms with E-state index >= 15 is 0 Å². The molecule has 7 nitrogen and oxygen atoms in total. The van der Waals surface area contributed by atoms with Crippen molar-refractivity contribution in [1.82, 2.24) is 9.97 Å². The number of ether oxygens (including phenoxy) is 1. The molecular formula is C30H30N4O3. The van der Waals surface area contributed by atoms with Gasteiger partial charge in [0.25, 0.3) is 0 Å². The molecule has 0 saturated heterocycles. The number of carbonyl (C=O) groups excluding carboxylic acids is 2. The van der Waals surface area contributed by atoms with E-state index in [-0.39, 0.29) is 30.1 Å². The number of Topliss-reactive ketones (excluding diaryl/α,β-unsaturated/α-hetero) is 1. The van der Waals surface area contributed by atoms with E-state index in [1.807, 2.05) is 81.4 Å². The van der Waals surface area contributed by atoms with Gasteiger partial charge in [-0.15, -0.1) is 0 Å². The highest BCUT2D eigenvalue weighted by atomic mass is 16.5. The largest absolute Gasteiger partial charge is 0.484 e. The van der Waals surface area contributed by atoms with Crippen LogP contribution in [0, 0.1) is 5.41 Å². The molecule has 0 aliphatic heterocycles. The summed E-state index contributed by atoms with van der Waals surface area (Å²) in [6.07, 6.45) is 2.62. The molecule has 0 bridgehead atoms. The molecule has 0 N–H and O–H groups in total. The number of aromatic nitrogens is 2. The summed E-state index contributed by atoms with van der Waals surface area (Å²) in [6, 6.07) is 23.1. The van der Waals surface area contributed by atoms with E-state index in [0.29, 0.717) is 17.3 Å². The lowest BCUT2D eigenvalue weighted by molar-refractivity contribution is -0.117. The summed E-state index contributed by atoms with van der Waals surface area (Å²) in [6.45, 7) is 6.35. The highest BCUT2D eigenvalue weighted by Crippen LogP contribution is 2.28. The molecule has 1 heterocycles. The number of methoxy groups -OCH3 is 1. The molecule has 0 saturated carbocycles. The van der Waals surface area contributed by atoms with Crippen LogP contribution in [0.3, 0.4) is 0 Å². The Kier molecular flexibility index (Phi) is 7.72. The summed E-state index contributed by atoms with van der Waals surface area (Å²) in [5, 5.41) is 2.19. The van der Waals surface area contributed by atoms with Crippen molar-refractivity contribution >= 4 is 39.7 Å². The molecule has 188 valence electrons. The van der Waals surface area contributed by atoms with Gasteiger partial charge in [0.1, 0.15) is 0 Å². The maximum Gasteiger partial charge on any atom is 0.235 e. The molecule has 0 radical (unpaired) electrons. The lowest BCUT2D eigenvalue weighted by Gasteiger charge is -2.24. The van der Waals surface area contributed by atoms with E-state index in [1.54, 1.807) is 18.1 Å². The average Bonchev–Trinajstić information content (AvgIpc) is 2.90. The van der Waals surface area contributed by atoms with Gasteiger partial charge in [0.15, 0.2) is 11.7 Å². The minimum Gasteiger partial charge on any atom is -0.484 e. The van der Waals surface area contributed by atoms with Gasteiger partial charge in [0.2, 0.25) is 11.7 Å². The first-order chi connectivity index (χ1) is 17.7. The molecular weight excluding hydrogens is 464 g/mol. The van der Waals surface area contributed by atoms with Gasteiger partial charge in [-0.25, -0.2) is 15.0 Å². The van der Waals surface area contributed by atoms with E-state index in [4.69, 9.17) is 4.74 Å². The monoisotopic (exact) mass is 494 g/mol. The molecule has 1 aromatic heterocycles. The molecule has 0 unspecified atom stereocenters. The molecule has 0 aliphatic carbocycles. The third-order valence-corrected chi connectivity index (χ3v) is 5.79. The smallest absolute Gasteiger partial charge is 0.235 e. The predicted octanol–water partition coefficient (Wildman–Crippen LogP) is 6.16. The maximum absolute atomic E-state index is 13.5. The van der Waals surface area contributed by atoms with Crippen LogP contribution in [0.1, 0.15) is 43.4 Å². The van der Waals surface area contributed by atoms with Gasteiger partial charge in [-0.1, -0.05) is 63.2 Å². The van der Waals surface area contributed by atoms with Gasteiger partial charge in [-0.2, -0.15) is 0 Å². The van der Waals surface area contributed by atoms with Crippen molar-refractivity contribution < 1.29 is 14.3 Å². The van der Waals surface area contributed by atoms with Crippen molar-refractivity contribution in [3.05, 3.63) is 96.6 Å². The fraction of sp³-hybridized carbons (Fsp3) is 0.233. The second-order valence-corrected chi connectivity index (χ2v) is 9.72. The molecule has 0 spiro atoms. The quantitative estimate of drug-likeness (QED) is 0.133. The molecule has 4 rings (SSSR count). The van der Waals surface area contributed by atoms with Gasteiger partial charge in [-0.05, 0) is 46.7 Å². The number of hydrogen-bond donors (Lipinski definition) is 0. The number of fused-ring (bicyclic) bond motifs is 1. The Morgan fingerprint density at radius 2 is 1.62 bits per heavy atom. The Balaban J connectivity index is 1.69. The number of aliphatic imine (C=N–C) groups is 1. The fourth-order valence-electron chi connectivity index (χ4n) is 3.97. The lowest BCUT2D eigenvalue weighted by Crippen LogP contribution is -2.32. The topological polar surface area (TPSA) is 84.8 Å². The van der Waals surface area contributed by atoms with Crippen LogP contribution in [-0.2, 0) is 16.1 Å². The Morgan fingerprint density at radius 1 is 0.892 bits per heavy atom. The first-order valence-electron chi connectivity index (χ1n) is 12.1. The SMILES string of the molecule is COC(=Nc1cccc(N(Cc2ccc3ccccc3c2)C(=O)CC(=O)c2ncccn2)c1)C(C)(C)C. The van der Waals surface area contributed by atoms with E-state index < -0.39 is 5.78 Å². The summed E-state index contributed by atoms with van der Waals surface area (Å²) < 4.78 is 5.52. The van der Waals surface area contributed by atoms with E-state index in [1.165, 1.54) is 12.4 Å². The van der Waals surface area contributed by atoms with Gasteiger partial charge >= 0.3 is 0 Å². The van der Waals surface area contributed by atoms with Crippen LogP contribution in [0.15, 0.2) is 90.2 Å². The summed E-state index contributed by atoms with van der Waals surface area (Å²) in [5.41, 5.74) is 1.94. The van der Waals surface area contributed by atoms with Crippen LogP contribution in [0.4, 0.5) is 11.4 Å². The molecule has 4 aromatic rings. The summed E-state index contributed by atoms with van der Waals surface area (Å²) in [4.78, 5) is 40.6. The van der Waals surface area contributed by atoms with E-state index in [2.05, 4.69) is 21.0 Å². The molecule has 7 heteroatoms. The van der Waals surface area contributed by atoms with Crippen molar-refractivity contribution in [2.24, 2.45) is 10.4 Å². The fourth-order valence-corrected chi connectivity index (χ4v) is 3.97. The van der Waals surface area contributed by atoms with Crippen LogP contribution in [0.25, 0.3) is 10.8 Å². The minimum absolute atomic E-state index is 0.0229. The Labute approximate surface area is 216 Å². The van der Waals surface area contributed by atoms with Gasteiger partial charge in [0.05, 0.1) is 25.8 Å². The van der Waals surface area contributed by atoms with Crippen molar-refractivity contribution in [3.8, 4) is 0 Å². The first kappa shape index (κ1) is 25.7. The molecule has 1 amide bonds. The molecule has 3 aromatic carbocycles. The van der Waals surface area contributed by atoms with Crippen molar-refractivity contribution in [2.45, 2.75) is 33.7 Å². The summed E-state index contributed by atoms with van der Waals surface area (Å²) >= 11 is 0. The average molecular weight is 495 g/mol. The zero-order valence-electron chi connectivity index (χ0n) is 21.5. The molecule has 0 atom stereocenters. The highest BCUT2D eigenvalue weighted by Gasteiger charge is 2.23. The first-order valence-corrected chi connectivity index (χ1v) is 12.1. The van der Waals surface area contributed by atoms with Crippen molar-refractivity contribution in [2.75, 3.05) is 12.0 Å². The summed E-state index contributed by atoms with van der Waals surface area (Å²) in [7, 11) is 1.60. The van der Waals surface area contributed by atoms with Gasteiger partial charge in [-0.3, -0.25) is 9.59 Å². The number of benzene rings is 3. The van der Waals surface area contributed by atoms with Crippen LogP contribution >= 0.6 is 0 Å². The number of ketones is 1. The second kappa shape index (κ2) is 11.1. The lowest BCUT2D eigenvalue weighted by atomic mass is 9.96. The standard InChI is InChI=1S/C30H30N4O3/c1-30(2,3)29(37-4)33-24-11-7-12-25(18-24)34(27(36)19-26(35)28-31-15-8-16-32-28)20-21-13-14-22-9-5-6-10-23(22)17-21/h5-18H,19-20H2,1-4H3. The Morgan fingerprint density at radius 3 is 2.32 bits per heavy atom. The van der Waals surface area contributed by atoms with Crippen LogP contribution in [-0.4, -0.2) is 34.7 Å². The molecule has 0 aliphatic rings. The van der Waals surface area contributed by atoms with Crippen molar-refractivity contribution in [1.29, 1.82) is 0 Å². The number of amides is 1. The predicted molar refractivity (Wildman–Crippen MR) is 146 cm³/mol. The number of carbonyl (C=O) groups is 2. The number of nitrogens with zero attached hydrogens (tertiary/aromatic N) is 4. The second-order valence-electron chi connectivity index (χ2n) is 9.72. The highest BCUT2D eigenvalue weighted by molar-refractivity contribution is 6.10. The number of rotatable bonds is 7. The Bertz CT molecular complexity index is 1440. The number of hydrogen-bond acceptors (Lipinski definition) is 6. The van der Waals surface area contributed by atoms with E-state index in [0.717, 1.165) is 16.3 Å². The maximum atomic E-state index is 13.5. The third-order valence-electron chi connectivity index (χ3n) is 5.79. The van der Waals surface area contributed by atoms with Crippen molar-refractivity contribution in [3.63, 3.8) is 0 Å². The summed E-state index contributed by atoms with van der Waals surface area (Å²) in [5.74, 6) is -0.185. The molecule has 0 fully saturated rings. The van der Waals surface area contributed by atoms with E-state index in [9.17, 15) is 9.59 Å². The number of anilines is 1. The van der Waals surface area contributed by atoms with Crippen LogP contribution < -0.4 is 4.90 Å². The Hall–Kier alpha value is -4.39. The van der Waals surface area contributed by atoms with Crippen LogP contribution in [0.5, 0.6) is 0 Å². The van der Waals surface area contributed by atoms with Gasteiger partial charge < -0.3 is 9.64 Å². The zero-order chi connectivity index (χ0) is 26.4. The third kappa shape index (κ3) is 6.44.